The lowest BCUT2D eigenvalue weighted by Crippen LogP contribution is -2.20. The number of rotatable bonds is 8. The van der Waals surface area contributed by atoms with Gasteiger partial charge in [-0.05, 0) is 42.8 Å². The third kappa shape index (κ3) is 3.80. The molecule has 1 aliphatic carbocycles. The van der Waals surface area contributed by atoms with Gasteiger partial charge in [0.15, 0.2) is 17.8 Å². The summed E-state index contributed by atoms with van der Waals surface area (Å²) in [5.41, 5.74) is 4.95. The summed E-state index contributed by atoms with van der Waals surface area (Å²) in [5.74, 6) is 0.791. The van der Waals surface area contributed by atoms with Crippen LogP contribution in [0.25, 0.3) is 11.3 Å². The molecule has 0 fully saturated rings. The first-order valence-electron chi connectivity index (χ1n) is 9.30. The Bertz CT molecular complexity index is 973. The molecule has 0 aliphatic heterocycles. The number of ether oxygens (including phenoxy) is 2. The molecule has 1 aliphatic rings. The number of aliphatic hydroxyl groups is 1. The Kier molecular flexibility index (Phi) is 5.16. The van der Waals surface area contributed by atoms with E-state index in [0.29, 0.717) is 36.8 Å². The fourth-order valence-electron chi connectivity index (χ4n) is 3.37. The minimum Gasteiger partial charge on any atom is -0.490 e. The van der Waals surface area contributed by atoms with Crippen LogP contribution >= 0.6 is 0 Å². The van der Waals surface area contributed by atoms with Crippen LogP contribution in [0.2, 0.25) is 0 Å². The Hall–Kier alpha value is -3.06. The summed E-state index contributed by atoms with van der Waals surface area (Å²) in [6.45, 7) is 2.83. The summed E-state index contributed by atoms with van der Waals surface area (Å²) in [6, 6.07) is 10.0. The van der Waals surface area contributed by atoms with E-state index >= 15 is 0 Å². The van der Waals surface area contributed by atoms with Crippen molar-refractivity contribution in [1.29, 1.82) is 0 Å². The Labute approximate surface area is 162 Å². The first-order chi connectivity index (χ1) is 13.6. The van der Waals surface area contributed by atoms with Crippen molar-refractivity contribution in [2.75, 3.05) is 18.5 Å². The largest absolute Gasteiger partial charge is 0.490 e. The van der Waals surface area contributed by atoms with Gasteiger partial charge in [0.2, 0.25) is 0 Å². The summed E-state index contributed by atoms with van der Waals surface area (Å²) >= 11 is 0. The van der Waals surface area contributed by atoms with Crippen molar-refractivity contribution < 1.29 is 19.0 Å². The molecule has 0 saturated heterocycles. The van der Waals surface area contributed by atoms with E-state index < -0.39 is 6.29 Å². The molecule has 3 aromatic rings. The van der Waals surface area contributed by atoms with Crippen molar-refractivity contribution in [3.05, 3.63) is 59.5 Å². The molecule has 0 radical (unpaired) electrons. The van der Waals surface area contributed by atoms with E-state index in [0.717, 1.165) is 28.8 Å². The summed E-state index contributed by atoms with van der Waals surface area (Å²) in [4.78, 5) is 0. The fraction of sp³-hybridized carbons (Fsp3) is 0.286. The number of hydrogen-bond donors (Lipinski definition) is 3. The van der Waals surface area contributed by atoms with Gasteiger partial charge < -0.3 is 19.9 Å². The number of fused-ring (bicyclic) bond motifs is 3. The van der Waals surface area contributed by atoms with Crippen molar-refractivity contribution in [3.8, 4) is 22.8 Å². The molecule has 2 aromatic carbocycles. The highest BCUT2D eigenvalue weighted by Crippen LogP contribution is 2.42. The van der Waals surface area contributed by atoms with E-state index in [2.05, 4.69) is 15.5 Å². The maximum Gasteiger partial charge on any atom is 0.199 e. The number of nitrogens with one attached hydrogen (secondary N) is 2. The van der Waals surface area contributed by atoms with Gasteiger partial charge in [0.1, 0.15) is 5.82 Å². The quantitative estimate of drug-likeness (QED) is 0.404. The van der Waals surface area contributed by atoms with E-state index in [4.69, 9.17) is 9.47 Å². The predicted octanol–water partition coefficient (Wildman–Crippen LogP) is 3.72. The topological polar surface area (TPSA) is 79.4 Å². The molecule has 1 atom stereocenters. The zero-order valence-electron chi connectivity index (χ0n) is 15.5. The van der Waals surface area contributed by atoms with Gasteiger partial charge >= 0.3 is 0 Å². The molecular weight excluding hydrogens is 361 g/mol. The SMILES string of the molecule is CCOc1cc2c(cc1OC(O)CCNc1cccc(F)c1)Cc1cn[nH]c1-2. The van der Waals surface area contributed by atoms with Gasteiger partial charge in [-0.2, -0.15) is 5.10 Å². The van der Waals surface area contributed by atoms with Crippen LogP contribution in [0.4, 0.5) is 10.1 Å². The molecule has 1 heterocycles. The average molecular weight is 383 g/mol. The number of anilines is 1. The zero-order chi connectivity index (χ0) is 19.5. The number of H-pyrrole nitrogens is 1. The Balaban J connectivity index is 1.42. The summed E-state index contributed by atoms with van der Waals surface area (Å²) in [5, 5.41) is 20.5. The minimum atomic E-state index is -1.01. The highest BCUT2D eigenvalue weighted by molar-refractivity contribution is 5.76. The van der Waals surface area contributed by atoms with Crippen molar-refractivity contribution >= 4 is 5.69 Å². The number of aromatic amines is 1. The van der Waals surface area contributed by atoms with E-state index in [9.17, 15) is 9.50 Å². The number of aliphatic hydroxyl groups excluding tert-OH is 1. The molecule has 28 heavy (non-hydrogen) atoms. The van der Waals surface area contributed by atoms with E-state index in [1.54, 1.807) is 12.1 Å². The number of hydrogen-bond acceptors (Lipinski definition) is 5. The first kappa shape index (κ1) is 18.3. The molecule has 146 valence electrons. The van der Waals surface area contributed by atoms with Gasteiger partial charge in [-0.25, -0.2) is 4.39 Å². The molecule has 0 bridgehead atoms. The molecule has 0 amide bonds. The molecule has 0 spiro atoms. The predicted molar refractivity (Wildman–Crippen MR) is 104 cm³/mol. The van der Waals surface area contributed by atoms with Crippen LogP contribution in [-0.2, 0) is 6.42 Å². The monoisotopic (exact) mass is 383 g/mol. The Morgan fingerprint density at radius 3 is 2.96 bits per heavy atom. The number of aromatic nitrogens is 2. The second-order valence-corrected chi connectivity index (χ2v) is 6.63. The normalized spacial score (nSPS) is 13.0. The number of halogens is 1. The van der Waals surface area contributed by atoms with Gasteiger partial charge in [-0.15, -0.1) is 0 Å². The summed E-state index contributed by atoms with van der Waals surface area (Å²) in [7, 11) is 0. The molecular formula is C21H22FN3O3. The molecule has 1 unspecified atom stereocenters. The van der Waals surface area contributed by atoms with E-state index in [1.165, 1.54) is 12.1 Å². The summed E-state index contributed by atoms with van der Waals surface area (Å²) < 4.78 is 24.7. The Morgan fingerprint density at radius 1 is 1.25 bits per heavy atom. The van der Waals surface area contributed by atoms with Gasteiger partial charge in [0.25, 0.3) is 0 Å². The second kappa shape index (κ2) is 7.90. The second-order valence-electron chi connectivity index (χ2n) is 6.63. The third-order valence-corrected chi connectivity index (χ3v) is 4.65. The molecule has 3 N–H and O–H groups in total. The molecule has 4 rings (SSSR count). The zero-order valence-corrected chi connectivity index (χ0v) is 15.5. The lowest BCUT2D eigenvalue weighted by atomic mass is 10.1. The fourth-order valence-corrected chi connectivity index (χ4v) is 3.37. The van der Waals surface area contributed by atoms with Crippen LogP contribution in [0, 0.1) is 5.82 Å². The summed E-state index contributed by atoms with van der Waals surface area (Å²) in [6.07, 6.45) is 1.91. The van der Waals surface area contributed by atoms with Gasteiger partial charge in [-0.1, -0.05) is 6.07 Å². The smallest absolute Gasteiger partial charge is 0.199 e. The molecule has 7 heteroatoms. The van der Waals surface area contributed by atoms with E-state index in [1.807, 2.05) is 25.3 Å². The lowest BCUT2D eigenvalue weighted by molar-refractivity contribution is -0.0219. The first-order valence-corrected chi connectivity index (χ1v) is 9.30. The van der Waals surface area contributed by atoms with Crippen LogP contribution in [0.5, 0.6) is 11.5 Å². The van der Waals surface area contributed by atoms with Gasteiger partial charge in [0, 0.05) is 36.2 Å². The third-order valence-electron chi connectivity index (χ3n) is 4.65. The Morgan fingerprint density at radius 2 is 2.14 bits per heavy atom. The maximum absolute atomic E-state index is 13.2. The molecule has 6 nitrogen and oxygen atoms in total. The van der Waals surface area contributed by atoms with Gasteiger partial charge in [-0.3, -0.25) is 5.10 Å². The number of benzene rings is 2. The van der Waals surface area contributed by atoms with Crippen LogP contribution in [-0.4, -0.2) is 34.7 Å². The lowest BCUT2D eigenvalue weighted by Gasteiger charge is -2.18. The average Bonchev–Trinajstić information content (AvgIpc) is 3.24. The van der Waals surface area contributed by atoms with Crippen LogP contribution in [0.15, 0.2) is 42.6 Å². The molecule has 1 aromatic heterocycles. The van der Waals surface area contributed by atoms with Crippen molar-refractivity contribution in [3.63, 3.8) is 0 Å². The van der Waals surface area contributed by atoms with Crippen molar-refractivity contribution in [2.45, 2.75) is 26.1 Å². The van der Waals surface area contributed by atoms with Crippen LogP contribution < -0.4 is 14.8 Å². The standard InChI is InChI=1S/C21H22FN3O3/c1-2-27-18-11-17-13(8-14-12-24-25-21(14)17)9-19(18)28-20(26)6-7-23-16-5-3-4-15(22)10-16/h3-5,9-12,20,23,26H,2,6-8H2,1H3,(H,24,25). The highest BCUT2D eigenvalue weighted by atomic mass is 19.1. The van der Waals surface area contributed by atoms with Crippen LogP contribution in [0.3, 0.4) is 0 Å². The van der Waals surface area contributed by atoms with Gasteiger partial charge in [0.05, 0.1) is 18.5 Å². The van der Waals surface area contributed by atoms with Crippen molar-refractivity contribution in [1.82, 2.24) is 10.2 Å². The maximum atomic E-state index is 13.2. The van der Waals surface area contributed by atoms with E-state index in [-0.39, 0.29) is 5.82 Å². The minimum absolute atomic E-state index is 0.304. The van der Waals surface area contributed by atoms with Crippen molar-refractivity contribution in [2.24, 2.45) is 0 Å². The number of nitrogens with zero attached hydrogens (tertiary/aromatic N) is 1. The van der Waals surface area contributed by atoms with Crippen LogP contribution in [0.1, 0.15) is 24.5 Å². The highest BCUT2D eigenvalue weighted by Gasteiger charge is 2.24. The molecule has 0 saturated carbocycles.